The number of amides is 1. The van der Waals surface area contributed by atoms with E-state index in [4.69, 9.17) is 11.6 Å². The average Bonchev–Trinajstić information content (AvgIpc) is 2.71. The number of carbonyl (C=O) groups is 1. The quantitative estimate of drug-likeness (QED) is 0.592. The molecule has 5 nitrogen and oxygen atoms in total. The molecule has 0 spiro atoms. The van der Waals surface area contributed by atoms with Crippen molar-refractivity contribution in [1.82, 2.24) is 4.90 Å². The lowest BCUT2D eigenvalue weighted by Crippen LogP contribution is -2.26. The fourth-order valence-electron chi connectivity index (χ4n) is 2.73. The Morgan fingerprint density at radius 2 is 1.53 bits per heavy atom. The number of halogens is 3. The number of rotatable bonds is 6. The second-order valence-corrected chi connectivity index (χ2v) is 8.60. The number of nitrogens with one attached hydrogen (secondary N) is 1. The third kappa shape index (κ3) is 5.14. The van der Waals surface area contributed by atoms with Gasteiger partial charge in [-0.2, -0.15) is 0 Å². The third-order valence-electron chi connectivity index (χ3n) is 4.24. The highest BCUT2D eigenvalue weighted by Gasteiger charge is 2.22. The first-order valence-electron chi connectivity index (χ1n) is 8.73. The zero-order valence-corrected chi connectivity index (χ0v) is 17.3. The first kappa shape index (κ1) is 21.7. The zero-order valence-electron chi connectivity index (χ0n) is 15.8. The molecule has 1 N–H and O–H groups in total. The summed E-state index contributed by atoms with van der Waals surface area (Å²) in [5.41, 5.74) is 0.980. The fraction of sp³-hybridized carbons (Fsp3) is 0.0952. The Balaban J connectivity index is 1.83. The minimum Gasteiger partial charge on any atom is -0.337 e. The highest BCUT2D eigenvalue weighted by molar-refractivity contribution is 7.92. The Hall–Kier alpha value is -2.97. The molecule has 0 bridgehead atoms. The molecule has 0 saturated heterocycles. The Bertz CT molecular complexity index is 1170. The van der Waals surface area contributed by atoms with Crippen molar-refractivity contribution in [2.75, 3.05) is 11.8 Å². The monoisotopic (exact) mass is 450 g/mol. The minimum absolute atomic E-state index is 0.0673. The average molecular weight is 451 g/mol. The molecule has 0 fully saturated rings. The molecular formula is C21H17ClF2N2O3S. The zero-order chi connectivity index (χ0) is 21.9. The van der Waals surface area contributed by atoms with E-state index in [9.17, 15) is 22.0 Å². The van der Waals surface area contributed by atoms with Gasteiger partial charge in [0.25, 0.3) is 15.9 Å². The third-order valence-corrected chi connectivity index (χ3v) is 6.11. The minimum atomic E-state index is -4.12. The van der Waals surface area contributed by atoms with E-state index in [0.29, 0.717) is 5.56 Å². The maximum atomic E-state index is 13.0. The number of carbonyl (C=O) groups excluding carboxylic acids is 1. The standard InChI is InChI=1S/C21H17ClF2N2O3S/c1-26(13-14-2-5-16(23)6-3-14)21(27)15-4-11-19(22)20(12-15)30(28,29)25-18-9-7-17(24)8-10-18/h2-12,25H,13H2,1H3. The Morgan fingerprint density at radius 1 is 0.967 bits per heavy atom. The summed E-state index contributed by atoms with van der Waals surface area (Å²) < 4.78 is 53.8. The second kappa shape index (κ2) is 8.81. The van der Waals surface area contributed by atoms with Gasteiger partial charge in [-0.15, -0.1) is 0 Å². The molecule has 0 saturated carbocycles. The van der Waals surface area contributed by atoms with E-state index in [2.05, 4.69) is 4.72 Å². The molecular weight excluding hydrogens is 434 g/mol. The second-order valence-electron chi connectivity index (χ2n) is 6.55. The molecule has 0 aliphatic rings. The van der Waals surface area contributed by atoms with Gasteiger partial charge in [-0.05, 0) is 60.2 Å². The van der Waals surface area contributed by atoms with Gasteiger partial charge in [0.2, 0.25) is 0 Å². The molecule has 0 aliphatic heterocycles. The molecule has 1 amide bonds. The molecule has 0 radical (unpaired) electrons. The van der Waals surface area contributed by atoms with E-state index in [1.807, 2.05) is 0 Å². The summed E-state index contributed by atoms with van der Waals surface area (Å²) in [6.45, 7) is 0.206. The van der Waals surface area contributed by atoms with Crippen LogP contribution in [-0.4, -0.2) is 26.3 Å². The van der Waals surface area contributed by atoms with Crippen LogP contribution in [0.15, 0.2) is 71.6 Å². The number of hydrogen-bond donors (Lipinski definition) is 1. The first-order chi connectivity index (χ1) is 14.2. The van der Waals surface area contributed by atoms with Crippen LogP contribution in [0.1, 0.15) is 15.9 Å². The van der Waals surface area contributed by atoms with Gasteiger partial charge in [0.15, 0.2) is 0 Å². The molecule has 0 heterocycles. The van der Waals surface area contributed by atoms with Gasteiger partial charge in [0.05, 0.1) is 5.02 Å². The van der Waals surface area contributed by atoms with Gasteiger partial charge in [-0.1, -0.05) is 23.7 Å². The van der Waals surface area contributed by atoms with Crippen LogP contribution in [0.25, 0.3) is 0 Å². The highest BCUT2D eigenvalue weighted by Crippen LogP contribution is 2.26. The SMILES string of the molecule is CN(Cc1ccc(F)cc1)C(=O)c1ccc(Cl)c(S(=O)(=O)Nc2ccc(F)cc2)c1. The van der Waals surface area contributed by atoms with Crippen LogP contribution >= 0.6 is 11.6 Å². The van der Waals surface area contributed by atoms with Crippen molar-refractivity contribution in [3.63, 3.8) is 0 Å². The van der Waals surface area contributed by atoms with Crippen LogP contribution in [-0.2, 0) is 16.6 Å². The summed E-state index contributed by atoms with van der Waals surface area (Å²) in [7, 11) is -2.57. The fourth-order valence-corrected chi connectivity index (χ4v) is 4.31. The predicted octanol–water partition coefficient (Wildman–Crippen LogP) is 4.69. The van der Waals surface area contributed by atoms with Crippen LogP contribution in [0.2, 0.25) is 5.02 Å². The van der Waals surface area contributed by atoms with Gasteiger partial charge in [0.1, 0.15) is 16.5 Å². The van der Waals surface area contributed by atoms with Gasteiger partial charge < -0.3 is 4.90 Å². The Morgan fingerprint density at radius 3 is 2.13 bits per heavy atom. The van der Waals surface area contributed by atoms with E-state index < -0.39 is 21.7 Å². The summed E-state index contributed by atoms with van der Waals surface area (Å²) >= 11 is 6.06. The maximum absolute atomic E-state index is 13.0. The van der Waals surface area contributed by atoms with Crippen LogP contribution in [0, 0.1) is 11.6 Å². The summed E-state index contributed by atoms with van der Waals surface area (Å²) in [4.78, 5) is 13.8. The topological polar surface area (TPSA) is 66.5 Å². The Labute approximate surface area is 178 Å². The van der Waals surface area contributed by atoms with Gasteiger partial charge >= 0.3 is 0 Å². The molecule has 0 aromatic heterocycles. The number of hydrogen-bond acceptors (Lipinski definition) is 3. The van der Waals surface area contributed by atoms with Crippen molar-refractivity contribution in [2.45, 2.75) is 11.4 Å². The maximum Gasteiger partial charge on any atom is 0.263 e. The molecule has 30 heavy (non-hydrogen) atoms. The molecule has 3 aromatic rings. The molecule has 3 rings (SSSR count). The van der Waals surface area contributed by atoms with Crippen molar-refractivity contribution in [3.05, 3.63) is 94.5 Å². The van der Waals surface area contributed by atoms with Crippen molar-refractivity contribution >= 4 is 33.2 Å². The van der Waals surface area contributed by atoms with E-state index in [0.717, 1.165) is 12.1 Å². The molecule has 3 aromatic carbocycles. The number of nitrogens with zero attached hydrogens (tertiary/aromatic N) is 1. The van der Waals surface area contributed by atoms with Crippen molar-refractivity contribution in [2.24, 2.45) is 0 Å². The van der Waals surface area contributed by atoms with Crippen molar-refractivity contribution in [3.8, 4) is 0 Å². The van der Waals surface area contributed by atoms with E-state index in [1.165, 1.54) is 47.4 Å². The molecule has 0 unspecified atom stereocenters. The normalized spacial score (nSPS) is 11.2. The summed E-state index contributed by atoms with van der Waals surface area (Å²) in [5.74, 6) is -1.32. The van der Waals surface area contributed by atoms with Crippen molar-refractivity contribution < 1.29 is 22.0 Å². The summed E-state index contributed by atoms with van der Waals surface area (Å²) in [6.07, 6.45) is 0. The smallest absolute Gasteiger partial charge is 0.263 e. The van der Waals surface area contributed by atoms with Crippen LogP contribution in [0.4, 0.5) is 14.5 Å². The highest BCUT2D eigenvalue weighted by atomic mass is 35.5. The van der Waals surface area contributed by atoms with Crippen molar-refractivity contribution in [1.29, 1.82) is 0 Å². The molecule has 0 aliphatic carbocycles. The largest absolute Gasteiger partial charge is 0.337 e. The van der Waals surface area contributed by atoms with Gasteiger partial charge in [-0.3, -0.25) is 9.52 Å². The van der Waals surface area contributed by atoms with Crippen LogP contribution in [0.5, 0.6) is 0 Å². The first-order valence-corrected chi connectivity index (χ1v) is 10.6. The number of sulfonamides is 1. The molecule has 156 valence electrons. The molecule has 9 heteroatoms. The van der Waals surface area contributed by atoms with Crippen LogP contribution < -0.4 is 4.72 Å². The lowest BCUT2D eigenvalue weighted by atomic mass is 10.1. The van der Waals surface area contributed by atoms with E-state index in [-0.39, 0.29) is 33.5 Å². The van der Waals surface area contributed by atoms with E-state index in [1.54, 1.807) is 19.2 Å². The number of anilines is 1. The predicted molar refractivity (Wildman–Crippen MR) is 111 cm³/mol. The summed E-state index contributed by atoms with van der Waals surface area (Å²) in [5, 5.41) is -0.0673. The summed E-state index contributed by atoms with van der Waals surface area (Å²) in [6, 6.07) is 14.4. The lowest BCUT2D eigenvalue weighted by Gasteiger charge is -2.18. The van der Waals surface area contributed by atoms with E-state index >= 15 is 0 Å². The van der Waals surface area contributed by atoms with Gasteiger partial charge in [-0.25, -0.2) is 17.2 Å². The van der Waals surface area contributed by atoms with Crippen LogP contribution in [0.3, 0.4) is 0 Å². The Kier molecular flexibility index (Phi) is 6.38. The molecule has 0 atom stereocenters. The number of benzene rings is 3. The lowest BCUT2D eigenvalue weighted by molar-refractivity contribution is 0.0785. The van der Waals surface area contributed by atoms with Gasteiger partial charge in [0, 0.05) is 24.8 Å².